The molecule has 1 heterocycles. The lowest BCUT2D eigenvalue weighted by Gasteiger charge is -2.13. The van der Waals surface area contributed by atoms with Crippen LogP contribution in [0.4, 0.5) is 0 Å². The van der Waals surface area contributed by atoms with Crippen LogP contribution in [-0.2, 0) is 11.3 Å². The highest BCUT2D eigenvalue weighted by Crippen LogP contribution is 2.09. The number of esters is 1. The third kappa shape index (κ3) is 6.09. The Morgan fingerprint density at radius 1 is 1.36 bits per heavy atom. The number of ether oxygens (including phenoxy) is 1. The molecule has 0 amide bonds. The highest BCUT2D eigenvalue weighted by molar-refractivity contribution is 5.89. The van der Waals surface area contributed by atoms with Crippen molar-refractivity contribution in [2.75, 3.05) is 19.6 Å². The fourth-order valence-corrected chi connectivity index (χ4v) is 2.39. The van der Waals surface area contributed by atoms with Gasteiger partial charge < -0.3 is 9.30 Å². The topological polar surface area (TPSA) is 47.4 Å². The van der Waals surface area contributed by atoms with Gasteiger partial charge in [0.05, 0.1) is 18.4 Å². The number of imidazole rings is 1. The summed E-state index contributed by atoms with van der Waals surface area (Å²) in [6.07, 6.45) is 4.94. The number of hydrogen-bond donors (Lipinski definition) is 0. The Morgan fingerprint density at radius 3 is 2.84 bits per heavy atom. The summed E-state index contributed by atoms with van der Waals surface area (Å²) in [6.45, 7) is 9.28. The standard InChI is InChI=1S/C20H25N3O2/c1-4-22(5-2)12-7-8-17(3)25-20(24)19-10-6-9-18(14-19)15-23-13-11-21-16-23/h6,9-11,13-14,16-17H,4-5,12,15H2,1-3H3/t17-/m0/s1. The van der Waals surface area contributed by atoms with E-state index in [1.54, 1.807) is 25.5 Å². The number of benzene rings is 1. The molecule has 0 aliphatic heterocycles. The van der Waals surface area contributed by atoms with E-state index in [1.165, 1.54) is 0 Å². The average Bonchev–Trinajstić information content (AvgIpc) is 3.12. The molecule has 5 nitrogen and oxygen atoms in total. The van der Waals surface area contributed by atoms with Gasteiger partial charge in [0.2, 0.25) is 0 Å². The number of carbonyl (C=O) groups excluding carboxylic acids is 1. The Morgan fingerprint density at radius 2 is 2.16 bits per heavy atom. The molecule has 0 fully saturated rings. The van der Waals surface area contributed by atoms with Crippen molar-refractivity contribution in [3.05, 3.63) is 54.1 Å². The van der Waals surface area contributed by atoms with Gasteiger partial charge in [-0.2, -0.15) is 0 Å². The van der Waals surface area contributed by atoms with Gasteiger partial charge in [-0.1, -0.05) is 37.8 Å². The van der Waals surface area contributed by atoms with Gasteiger partial charge in [-0.3, -0.25) is 4.90 Å². The molecule has 132 valence electrons. The summed E-state index contributed by atoms with van der Waals surface area (Å²) in [5, 5.41) is 0. The van der Waals surface area contributed by atoms with Crippen molar-refractivity contribution in [3.8, 4) is 11.8 Å². The predicted molar refractivity (Wildman–Crippen MR) is 98.2 cm³/mol. The summed E-state index contributed by atoms with van der Waals surface area (Å²) in [5.41, 5.74) is 1.56. The van der Waals surface area contributed by atoms with E-state index in [9.17, 15) is 4.79 Å². The van der Waals surface area contributed by atoms with Gasteiger partial charge in [-0.25, -0.2) is 9.78 Å². The summed E-state index contributed by atoms with van der Waals surface area (Å²) >= 11 is 0. The molecule has 0 unspecified atom stereocenters. The average molecular weight is 339 g/mol. The van der Waals surface area contributed by atoms with E-state index >= 15 is 0 Å². The first-order valence-corrected chi connectivity index (χ1v) is 8.58. The second-order valence-electron chi connectivity index (χ2n) is 5.77. The van der Waals surface area contributed by atoms with Crippen LogP contribution in [0.5, 0.6) is 0 Å². The summed E-state index contributed by atoms with van der Waals surface area (Å²) < 4.78 is 7.38. The van der Waals surface area contributed by atoms with Crippen LogP contribution in [0, 0.1) is 11.8 Å². The van der Waals surface area contributed by atoms with Crippen LogP contribution >= 0.6 is 0 Å². The molecule has 2 rings (SSSR count). The third-order valence-corrected chi connectivity index (χ3v) is 3.87. The van der Waals surface area contributed by atoms with Crippen LogP contribution in [0.1, 0.15) is 36.7 Å². The molecule has 5 heteroatoms. The van der Waals surface area contributed by atoms with Crippen molar-refractivity contribution < 1.29 is 9.53 Å². The summed E-state index contributed by atoms with van der Waals surface area (Å²) in [5.74, 6) is 5.71. The normalized spacial score (nSPS) is 11.7. The first-order chi connectivity index (χ1) is 12.1. The number of hydrogen-bond acceptors (Lipinski definition) is 4. The zero-order valence-electron chi connectivity index (χ0n) is 15.1. The van der Waals surface area contributed by atoms with Gasteiger partial charge in [0.1, 0.15) is 0 Å². The van der Waals surface area contributed by atoms with Gasteiger partial charge in [0.15, 0.2) is 6.10 Å². The van der Waals surface area contributed by atoms with Crippen LogP contribution in [-0.4, -0.2) is 46.2 Å². The Hall–Kier alpha value is -2.58. The van der Waals surface area contributed by atoms with E-state index in [2.05, 4.69) is 35.6 Å². The minimum Gasteiger partial charge on any atom is -0.446 e. The molecule has 0 aliphatic carbocycles. The number of carbonyl (C=O) groups is 1. The largest absolute Gasteiger partial charge is 0.446 e. The summed E-state index contributed by atoms with van der Waals surface area (Å²) in [6, 6.07) is 7.44. The fourth-order valence-electron chi connectivity index (χ4n) is 2.39. The molecule has 25 heavy (non-hydrogen) atoms. The van der Waals surface area contributed by atoms with E-state index < -0.39 is 6.10 Å². The van der Waals surface area contributed by atoms with E-state index in [4.69, 9.17) is 4.74 Å². The highest BCUT2D eigenvalue weighted by atomic mass is 16.5. The Kier molecular flexibility index (Phi) is 7.24. The Balaban J connectivity index is 1.93. The quantitative estimate of drug-likeness (QED) is 0.575. The van der Waals surface area contributed by atoms with Crippen LogP contribution < -0.4 is 0 Å². The molecular weight excluding hydrogens is 314 g/mol. The fraction of sp³-hybridized carbons (Fsp3) is 0.400. The molecule has 0 saturated carbocycles. The van der Waals surface area contributed by atoms with Gasteiger partial charge in [0, 0.05) is 18.9 Å². The van der Waals surface area contributed by atoms with Gasteiger partial charge in [-0.05, 0) is 37.7 Å². The smallest absolute Gasteiger partial charge is 0.339 e. The lowest BCUT2D eigenvalue weighted by atomic mass is 10.1. The molecule has 2 aromatic rings. The van der Waals surface area contributed by atoms with Crippen molar-refractivity contribution in [2.24, 2.45) is 0 Å². The molecule has 0 aliphatic rings. The van der Waals surface area contributed by atoms with E-state index in [-0.39, 0.29) is 5.97 Å². The van der Waals surface area contributed by atoms with E-state index in [1.807, 2.05) is 29.0 Å². The number of aromatic nitrogens is 2. The van der Waals surface area contributed by atoms with Crippen molar-refractivity contribution >= 4 is 5.97 Å². The second kappa shape index (κ2) is 9.65. The molecule has 0 N–H and O–H groups in total. The van der Waals surface area contributed by atoms with Gasteiger partial charge >= 0.3 is 5.97 Å². The van der Waals surface area contributed by atoms with Crippen LogP contribution in [0.3, 0.4) is 0 Å². The molecule has 0 spiro atoms. The molecule has 0 bridgehead atoms. The number of rotatable bonds is 7. The van der Waals surface area contributed by atoms with E-state index in [0.717, 1.165) is 18.7 Å². The third-order valence-electron chi connectivity index (χ3n) is 3.87. The maximum atomic E-state index is 12.3. The van der Waals surface area contributed by atoms with E-state index in [0.29, 0.717) is 18.7 Å². The lowest BCUT2D eigenvalue weighted by molar-refractivity contribution is 0.0438. The Labute approximate surface area is 149 Å². The monoisotopic (exact) mass is 339 g/mol. The highest BCUT2D eigenvalue weighted by Gasteiger charge is 2.11. The maximum Gasteiger partial charge on any atom is 0.339 e. The molecule has 0 saturated heterocycles. The van der Waals surface area contributed by atoms with Gasteiger partial charge in [0.25, 0.3) is 0 Å². The molecule has 0 radical (unpaired) electrons. The zero-order valence-corrected chi connectivity index (χ0v) is 15.1. The summed E-state index contributed by atoms with van der Waals surface area (Å²) in [4.78, 5) is 18.5. The van der Waals surface area contributed by atoms with Crippen molar-refractivity contribution in [1.82, 2.24) is 14.5 Å². The maximum absolute atomic E-state index is 12.3. The first kappa shape index (κ1) is 18.8. The minimum atomic E-state index is -0.430. The molecule has 1 aromatic heterocycles. The SMILES string of the molecule is CCN(CC)CC#C[C@H](C)OC(=O)c1cccc(Cn2ccnc2)c1. The van der Waals surface area contributed by atoms with Gasteiger partial charge in [-0.15, -0.1) is 0 Å². The first-order valence-electron chi connectivity index (χ1n) is 8.58. The van der Waals surface area contributed by atoms with Crippen LogP contribution in [0.15, 0.2) is 43.0 Å². The summed E-state index contributed by atoms with van der Waals surface area (Å²) in [7, 11) is 0. The van der Waals surface area contributed by atoms with Crippen LogP contribution in [0.2, 0.25) is 0 Å². The second-order valence-corrected chi connectivity index (χ2v) is 5.77. The molecule has 1 atom stereocenters. The van der Waals surface area contributed by atoms with Crippen LogP contribution in [0.25, 0.3) is 0 Å². The zero-order chi connectivity index (χ0) is 18.1. The molecular formula is C20H25N3O2. The molecule has 1 aromatic carbocycles. The van der Waals surface area contributed by atoms with Crippen molar-refractivity contribution in [1.29, 1.82) is 0 Å². The lowest BCUT2D eigenvalue weighted by Crippen LogP contribution is -2.23. The van der Waals surface area contributed by atoms with Crippen molar-refractivity contribution in [2.45, 2.75) is 33.4 Å². The minimum absolute atomic E-state index is 0.350. The Bertz CT molecular complexity index is 725. The number of nitrogens with zero attached hydrogens (tertiary/aromatic N) is 3. The van der Waals surface area contributed by atoms with Crippen molar-refractivity contribution in [3.63, 3.8) is 0 Å². The predicted octanol–water partition coefficient (Wildman–Crippen LogP) is 2.82.